The summed E-state index contributed by atoms with van der Waals surface area (Å²) < 4.78 is 22.5. The van der Waals surface area contributed by atoms with Gasteiger partial charge in [0.2, 0.25) is 10.0 Å². The van der Waals surface area contributed by atoms with E-state index in [1.165, 1.54) is 0 Å². The van der Waals surface area contributed by atoms with E-state index in [2.05, 4.69) is 4.98 Å². The number of hydrogen-bond donors (Lipinski definition) is 1. The van der Waals surface area contributed by atoms with Gasteiger partial charge in [-0.05, 0) is 12.8 Å². The molecule has 2 N–H and O–H groups in total. The molecule has 13 heavy (non-hydrogen) atoms. The minimum absolute atomic E-state index is 0.125. The highest BCUT2D eigenvalue weighted by Crippen LogP contribution is 2.44. The van der Waals surface area contributed by atoms with Crippen LogP contribution >= 0.6 is 22.9 Å². The van der Waals surface area contributed by atoms with Crippen molar-refractivity contribution in [2.45, 2.75) is 23.0 Å². The van der Waals surface area contributed by atoms with E-state index in [4.69, 9.17) is 16.7 Å². The number of halogens is 1. The first-order valence-electron chi connectivity index (χ1n) is 3.67. The Labute approximate surface area is 84.8 Å². The van der Waals surface area contributed by atoms with E-state index in [0.717, 1.165) is 24.2 Å². The van der Waals surface area contributed by atoms with Gasteiger partial charge in [-0.25, -0.2) is 18.5 Å². The third-order valence-electron chi connectivity index (χ3n) is 1.82. The Morgan fingerprint density at radius 3 is 2.62 bits per heavy atom. The normalized spacial score (nSPS) is 17.7. The molecule has 1 heterocycles. The van der Waals surface area contributed by atoms with Crippen LogP contribution in [-0.4, -0.2) is 13.4 Å². The molecule has 0 bridgehead atoms. The molecule has 0 aromatic carbocycles. The summed E-state index contributed by atoms with van der Waals surface area (Å²) in [5, 5.41) is 5.02. The van der Waals surface area contributed by atoms with E-state index in [0.29, 0.717) is 5.69 Å². The van der Waals surface area contributed by atoms with Crippen LogP contribution in [0.25, 0.3) is 0 Å². The lowest BCUT2D eigenvalue weighted by Crippen LogP contribution is -2.12. The van der Waals surface area contributed by atoms with Crippen LogP contribution in [0.4, 0.5) is 0 Å². The number of rotatable bonds is 2. The van der Waals surface area contributed by atoms with E-state index >= 15 is 0 Å². The van der Waals surface area contributed by atoms with Crippen molar-refractivity contribution in [2.24, 2.45) is 5.14 Å². The molecule has 0 radical (unpaired) electrons. The quantitative estimate of drug-likeness (QED) is 0.845. The number of thiazole rings is 1. The number of sulfonamides is 1. The summed E-state index contributed by atoms with van der Waals surface area (Å²) >= 11 is 6.56. The van der Waals surface area contributed by atoms with E-state index in [1.807, 2.05) is 0 Å². The third kappa shape index (κ3) is 1.85. The highest BCUT2D eigenvalue weighted by Gasteiger charge is 2.33. The van der Waals surface area contributed by atoms with Gasteiger partial charge in [0.05, 0.1) is 5.69 Å². The summed E-state index contributed by atoms with van der Waals surface area (Å²) in [5.74, 6) is 0.247. The molecule has 0 unspecified atom stereocenters. The first-order valence-corrected chi connectivity index (χ1v) is 6.41. The molecular weight excluding hydrogens is 232 g/mol. The minimum atomic E-state index is -3.65. The van der Waals surface area contributed by atoms with Crippen LogP contribution in [0.15, 0.2) is 4.21 Å². The van der Waals surface area contributed by atoms with E-state index in [1.54, 1.807) is 0 Å². The number of nitrogens with two attached hydrogens (primary N) is 1. The predicted octanol–water partition coefficient (Wildman–Crippen LogP) is 1.32. The lowest BCUT2D eigenvalue weighted by atomic mass is 10.3. The highest BCUT2D eigenvalue weighted by molar-refractivity contribution is 7.91. The molecule has 0 atom stereocenters. The zero-order valence-electron chi connectivity index (χ0n) is 6.53. The fourth-order valence-corrected chi connectivity index (χ4v) is 3.39. The van der Waals surface area contributed by atoms with Crippen LogP contribution in [0.1, 0.15) is 24.5 Å². The zero-order valence-corrected chi connectivity index (χ0v) is 8.92. The van der Waals surface area contributed by atoms with Gasteiger partial charge in [0.15, 0.2) is 8.68 Å². The summed E-state index contributed by atoms with van der Waals surface area (Å²) in [7, 11) is -3.65. The molecule has 2 rings (SSSR count). The Hall–Kier alpha value is -0.170. The predicted molar refractivity (Wildman–Crippen MR) is 50.5 cm³/mol. The molecule has 7 heteroatoms. The van der Waals surface area contributed by atoms with Crippen molar-refractivity contribution < 1.29 is 8.42 Å². The SMILES string of the molecule is NS(=O)(=O)c1sc(Cl)nc1C1CC1. The summed E-state index contributed by atoms with van der Waals surface area (Å²) in [4.78, 5) is 3.96. The van der Waals surface area contributed by atoms with Crippen molar-refractivity contribution >= 4 is 33.0 Å². The molecule has 1 saturated carbocycles. The number of nitrogens with zero attached hydrogens (tertiary/aromatic N) is 1. The van der Waals surface area contributed by atoms with Crippen molar-refractivity contribution in [3.05, 3.63) is 10.2 Å². The maximum atomic E-state index is 11.1. The molecule has 0 spiro atoms. The summed E-state index contributed by atoms with van der Waals surface area (Å²) in [6.45, 7) is 0. The zero-order chi connectivity index (χ0) is 9.64. The highest BCUT2D eigenvalue weighted by atomic mass is 35.5. The molecule has 0 amide bonds. The first kappa shape index (κ1) is 9.39. The standard InChI is InChI=1S/C6H7ClN2O2S2/c7-6-9-4(3-1-2-3)5(12-6)13(8,10)11/h3H,1-2H2,(H2,8,10,11). The van der Waals surface area contributed by atoms with Crippen molar-refractivity contribution in [3.8, 4) is 0 Å². The molecule has 1 aliphatic rings. The van der Waals surface area contributed by atoms with Gasteiger partial charge in [0.1, 0.15) is 0 Å². The van der Waals surface area contributed by atoms with Crippen LogP contribution in [0, 0.1) is 0 Å². The lowest BCUT2D eigenvalue weighted by molar-refractivity contribution is 0.598. The maximum absolute atomic E-state index is 11.1. The van der Waals surface area contributed by atoms with Crippen LogP contribution in [-0.2, 0) is 10.0 Å². The Morgan fingerprint density at radius 2 is 2.15 bits per heavy atom. The molecule has 0 saturated heterocycles. The second-order valence-corrected chi connectivity index (χ2v) is 6.30. The summed E-state index contributed by atoms with van der Waals surface area (Å²) in [6, 6.07) is 0. The minimum Gasteiger partial charge on any atom is -0.228 e. The van der Waals surface area contributed by atoms with Gasteiger partial charge in [-0.3, -0.25) is 0 Å². The Kier molecular flexibility index (Phi) is 2.10. The van der Waals surface area contributed by atoms with Gasteiger partial charge in [-0.2, -0.15) is 0 Å². The molecule has 1 aliphatic carbocycles. The first-order chi connectivity index (χ1) is 5.98. The maximum Gasteiger partial charge on any atom is 0.249 e. The number of primary sulfonamides is 1. The Balaban J connectivity index is 2.55. The van der Waals surface area contributed by atoms with Gasteiger partial charge in [-0.15, -0.1) is 0 Å². The van der Waals surface area contributed by atoms with Crippen molar-refractivity contribution in [3.63, 3.8) is 0 Å². The van der Waals surface area contributed by atoms with E-state index < -0.39 is 10.0 Å². The van der Waals surface area contributed by atoms with Crippen molar-refractivity contribution in [1.29, 1.82) is 0 Å². The molecule has 0 aliphatic heterocycles. The average Bonchev–Trinajstić information content (AvgIpc) is 2.73. The van der Waals surface area contributed by atoms with Crippen molar-refractivity contribution in [1.82, 2.24) is 4.98 Å². The van der Waals surface area contributed by atoms with Crippen LogP contribution in [0.3, 0.4) is 0 Å². The molecule has 72 valence electrons. The smallest absolute Gasteiger partial charge is 0.228 e. The molecular formula is C6H7ClN2O2S2. The largest absolute Gasteiger partial charge is 0.249 e. The Bertz CT molecular complexity index is 435. The van der Waals surface area contributed by atoms with E-state index in [-0.39, 0.29) is 14.6 Å². The van der Waals surface area contributed by atoms with Gasteiger partial charge in [0.25, 0.3) is 0 Å². The van der Waals surface area contributed by atoms with Crippen LogP contribution < -0.4 is 5.14 Å². The molecule has 1 aromatic rings. The fourth-order valence-electron chi connectivity index (χ4n) is 1.11. The van der Waals surface area contributed by atoms with Gasteiger partial charge in [-0.1, -0.05) is 22.9 Å². The molecule has 1 aromatic heterocycles. The number of aromatic nitrogens is 1. The Morgan fingerprint density at radius 1 is 1.54 bits per heavy atom. The van der Waals surface area contributed by atoms with Crippen molar-refractivity contribution in [2.75, 3.05) is 0 Å². The summed E-state index contributed by atoms with van der Waals surface area (Å²) in [6.07, 6.45) is 1.95. The summed E-state index contributed by atoms with van der Waals surface area (Å²) in [5.41, 5.74) is 0.553. The van der Waals surface area contributed by atoms with Gasteiger partial charge >= 0.3 is 0 Å². The van der Waals surface area contributed by atoms with Crippen LogP contribution in [0.2, 0.25) is 4.47 Å². The average molecular weight is 239 g/mol. The van der Waals surface area contributed by atoms with Gasteiger partial charge < -0.3 is 0 Å². The molecule has 1 fully saturated rings. The topological polar surface area (TPSA) is 73.1 Å². The van der Waals surface area contributed by atoms with Gasteiger partial charge in [0, 0.05) is 5.92 Å². The monoisotopic (exact) mass is 238 g/mol. The lowest BCUT2D eigenvalue weighted by Gasteiger charge is -1.95. The number of hydrogen-bond acceptors (Lipinski definition) is 4. The fraction of sp³-hybridized carbons (Fsp3) is 0.500. The third-order valence-corrected chi connectivity index (χ3v) is 4.46. The molecule has 4 nitrogen and oxygen atoms in total. The van der Waals surface area contributed by atoms with Crippen LogP contribution in [0.5, 0.6) is 0 Å². The second-order valence-electron chi connectivity index (χ2n) is 2.96. The second kappa shape index (κ2) is 2.91. The van der Waals surface area contributed by atoms with E-state index in [9.17, 15) is 8.42 Å².